The Morgan fingerprint density at radius 1 is 1.10 bits per heavy atom. The highest BCUT2D eigenvalue weighted by atomic mass is 16.5. The van der Waals surface area contributed by atoms with Gasteiger partial charge in [-0.05, 0) is 72.5 Å². The Morgan fingerprint density at radius 3 is 2.83 bits per heavy atom. The zero-order chi connectivity index (χ0) is 20.9. The summed E-state index contributed by atoms with van der Waals surface area (Å²) in [5, 5.41) is 17.3. The summed E-state index contributed by atoms with van der Waals surface area (Å²) in [6, 6.07) is 13.6. The van der Waals surface area contributed by atoms with E-state index in [1.54, 1.807) is 0 Å². The van der Waals surface area contributed by atoms with Gasteiger partial charge in [0.15, 0.2) is 0 Å². The molecule has 1 saturated heterocycles. The summed E-state index contributed by atoms with van der Waals surface area (Å²) < 4.78 is 6.32. The van der Waals surface area contributed by atoms with Gasteiger partial charge in [0.2, 0.25) is 0 Å². The van der Waals surface area contributed by atoms with Gasteiger partial charge in [-0.2, -0.15) is 0 Å². The van der Waals surface area contributed by atoms with Gasteiger partial charge >= 0.3 is 0 Å². The van der Waals surface area contributed by atoms with Crippen LogP contribution in [0, 0.1) is 0 Å². The van der Waals surface area contributed by atoms with Crippen molar-refractivity contribution in [1.82, 2.24) is 5.32 Å². The van der Waals surface area contributed by atoms with Crippen LogP contribution in [0.5, 0.6) is 0 Å². The lowest BCUT2D eigenvalue weighted by Gasteiger charge is -2.34. The fourth-order valence-corrected chi connectivity index (χ4v) is 4.76. The van der Waals surface area contributed by atoms with E-state index in [0.29, 0.717) is 12.8 Å². The molecule has 2 aromatic carbocycles. The minimum Gasteiger partial charge on any atom is -0.393 e. The third-order valence-electron chi connectivity index (χ3n) is 6.41. The highest BCUT2D eigenvalue weighted by molar-refractivity contribution is 5.55. The van der Waals surface area contributed by atoms with E-state index < -0.39 is 0 Å². The molecule has 162 valence electrons. The minimum atomic E-state index is -0.319. The van der Waals surface area contributed by atoms with E-state index in [-0.39, 0.29) is 18.4 Å². The van der Waals surface area contributed by atoms with Crippen LogP contribution in [0.4, 0.5) is 5.69 Å². The van der Waals surface area contributed by atoms with Crippen LogP contribution >= 0.6 is 0 Å². The molecule has 4 heteroatoms. The first-order chi connectivity index (χ1) is 14.7. The molecule has 0 amide bonds. The molecule has 1 fully saturated rings. The van der Waals surface area contributed by atoms with E-state index in [1.165, 1.54) is 39.9 Å². The van der Waals surface area contributed by atoms with Crippen molar-refractivity contribution >= 4 is 5.69 Å². The second kappa shape index (κ2) is 9.95. The van der Waals surface area contributed by atoms with Gasteiger partial charge in [-0.15, -0.1) is 0 Å². The number of hydrogen-bond acceptors (Lipinski definition) is 4. The largest absolute Gasteiger partial charge is 0.393 e. The van der Waals surface area contributed by atoms with E-state index in [0.717, 1.165) is 38.8 Å². The molecule has 3 atom stereocenters. The van der Waals surface area contributed by atoms with Crippen LogP contribution in [0.1, 0.15) is 73.5 Å². The van der Waals surface area contributed by atoms with Gasteiger partial charge in [0.25, 0.3) is 0 Å². The smallest absolute Gasteiger partial charge is 0.111 e. The van der Waals surface area contributed by atoms with E-state index in [4.69, 9.17) is 4.74 Å². The van der Waals surface area contributed by atoms with Crippen LogP contribution in [0.15, 0.2) is 36.4 Å². The number of aliphatic hydroxyl groups excluding tert-OH is 1. The summed E-state index contributed by atoms with van der Waals surface area (Å²) in [5.41, 5.74) is 8.06. The zero-order valence-electron chi connectivity index (χ0n) is 18.4. The fourth-order valence-electron chi connectivity index (χ4n) is 4.76. The summed E-state index contributed by atoms with van der Waals surface area (Å²) in [4.78, 5) is 0. The fraction of sp³-hybridized carbons (Fsp3) is 0.538. The molecule has 2 aliphatic rings. The van der Waals surface area contributed by atoms with Crippen molar-refractivity contribution in [2.75, 3.05) is 18.4 Å². The van der Waals surface area contributed by atoms with Crippen molar-refractivity contribution in [3.05, 3.63) is 64.2 Å². The zero-order valence-corrected chi connectivity index (χ0v) is 18.4. The number of nitrogens with one attached hydrogen (secondary N) is 2. The van der Waals surface area contributed by atoms with E-state index in [2.05, 4.69) is 60.9 Å². The molecule has 4 nitrogen and oxygen atoms in total. The molecule has 0 bridgehead atoms. The molecule has 3 unspecified atom stereocenters. The standard InChI is InChI=1S/C26H36N2O2/c1-3-11-28-26-17-23(29)16-25(30-26)21-9-8-19(4-2)22(15-21)14-18-7-10-24-20(13-18)6-5-12-27-24/h7-10,13,15,23,25-29H,3-6,11-12,14,16-17H2,1-2H3. The van der Waals surface area contributed by atoms with Gasteiger partial charge in [0.05, 0.1) is 12.2 Å². The van der Waals surface area contributed by atoms with E-state index in [1.807, 2.05) is 0 Å². The number of anilines is 1. The van der Waals surface area contributed by atoms with Gasteiger partial charge in [0.1, 0.15) is 6.23 Å². The molecule has 0 aromatic heterocycles. The number of hydrogen-bond donors (Lipinski definition) is 3. The third-order valence-corrected chi connectivity index (χ3v) is 6.41. The summed E-state index contributed by atoms with van der Waals surface area (Å²) in [6.07, 6.45) is 6.29. The Labute approximate surface area is 181 Å². The number of rotatable bonds is 7. The highest BCUT2D eigenvalue weighted by Crippen LogP contribution is 2.33. The predicted octanol–water partition coefficient (Wildman–Crippen LogP) is 4.74. The molecule has 3 N–H and O–H groups in total. The summed E-state index contributed by atoms with van der Waals surface area (Å²) in [6.45, 7) is 6.37. The van der Waals surface area contributed by atoms with Crippen molar-refractivity contribution in [1.29, 1.82) is 0 Å². The molecule has 4 rings (SSSR count). The van der Waals surface area contributed by atoms with Crippen molar-refractivity contribution in [3.8, 4) is 0 Å². The Hall–Kier alpha value is -1.88. The second-order valence-corrected chi connectivity index (χ2v) is 8.77. The maximum Gasteiger partial charge on any atom is 0.111 e. The van der Waals surface area contributed by atoms with Crippen molar-refractivity contribution in [2.24, 2.45) is 0 Å². The van der Waals surface area contributed by atoms with Crippen molar-refractivity contribution in [3.63, 3.8) is 0 Å². The molecule has 2 aromatic rings. The molecule has 0 spiro atoms. The number of aryl methyl sites for hydroxylation is 2. The maximum absolute atomic E-state index is 10.4. The lowest BCUT2D eigenvalue weighted by molar-refractivity contribution is -0.110. The Kier molecular flexibility index (Phi) is 7.08. The molecule has 0 aliphatic carbocycles. The average molecular weight is 409 g/mol. The van der Waals surface area contributed by atoms with Gasteiger partial charge in [0, 0.05) is 25.1 Å². The summed E-state index contributed by atoms with van der Waals surface area (Å²) in [5.74, 6) is 0. The number of ether oxygens (including phenoxy) is 1. The Bertz CT molecular complexity index is 851. The topological polar surface area (TPSA) is 53.5 Å². The van der Waals surface area contributed by atoms with Crippen LogP contribution in [-0.4, -0.2) is 30.5 Å². The summed E-state index contributed by atoms with van der Waals surface area (Å²) in [7, 11) is 0. The van der Waals surface area contributed by atoms with Crippen LogP contribution in [0.2, 0.25) is 0 Å². The molecule has 2 heterocycles. The van der Waals surface area contributed by atoms with Crippen molar-refractivity contribution in [2.45, 2.75) is 77.2 Å². The van der Waals surface area contributed by atoms with Gasteiger partial charge in [-0.25, -0.2) is 0 Å². The second-order valence-electron chi connectivity index (χ2n) is 8.77. The molecular formula is C26H36N2O2. The number of aliphatic hydroxyl groups is 1. The maximum atomic E-state index is 10.4. The Balaban J connectivity index is 1.54. The molecule has 30 heavy (non-hydrogen) atoms. The quantitative estimate of drug-likeness (QED) is 0.620. The van der Waals surface area contributed by atoms with Crippen LogP contribution in [-0.2, 0) is 24.0 Å². The lowest BCUT2D eigenvalue weighted by Crippen LogP contribution is -2.41. The highest BCUT2D eigenvalue weighted by Gasteiger charge is 2.29. The number of benzene rings is 2. The lowest BCUT2D eigenvalue weighted by atomic mass is 9.91. The van der Waals surface area contributed by atoms with E-state index >= 15 is 0 Å². The Morgan fingerprint density at radius 2 is 2.00 bits per heavy atom. The first-order valence-corrected chi connectivity index (χ1v) is 11.7. The van der Waals surface area contributed by atoms with E-state index in [9.17, 15) is 5.11 Å². The normalized spacial score (nSPS) is 23.6. The SMILES string of the molecule is CCCNC1CC(O)CC(c2ccc(CC)c(Cc3ccc4c(c3)CCCN4)c2)O1. The molecular weight excluding hydrogens is 372 g/mol. The van der Waals surface area contributed by atoms with Crippen molar-refractivity contribution < 1.29 is 9.84 Å². The minimum absolute atomic E-state index is 0.0551. The first-order valence-electron chi connectivity index (χ1n) is 11.7. The summed E-state index contributed by atoms with van der Waals surface area (Å²) >= 11 is 0. The monoisotopic (exact) mass is 408 g/mol. The van der Waals surface area contributed by atoms with Gasteiger partial charge in [-0.1, -0.05) is 44.2 Å². The molecule has 0 radical (unpaired) electrons. The average Bonchev–Trinajstić information content (AvgIpc) is 2.77. The van der Waals surface area contributed by atoms with Gasteiger partial charge < -0.3 is 15.2 Å². The third kappa shape index (κ3) is 5.05. The number of fused-ring (bicyclic) bond motifs is 1. The molecule has 0 saturated carbocycles. The first kappa shape index (κ1) is 21.4. The predicted molar refractivity (Wildman–Crippen MR) is 123 cm³/mol. The van der Waals surface area contributed by atoms with Crippen LogP contribution < -0.4 is 10.6 Å². The van der Waals surface area contributed by atoms with Crippen LogP contribution in [0.3, 0.4) is 0 Å². The van der Waals surface area contributed by atoms with Gasteiger partial charge in [-0.3, -0.25) is 5.32 Å². The van der Waals surface area contributed by atoms with Crippen LogP contribution in [0.25, 0.3) is 0 Å². The molecule has 2 aliphatic heterocycles.